The van der Waals surface area contributed by atoms with E-state index in [-0.39, 0.29) is 0 Å². The smallest absolute Gasteiger partial charge is 0.330 e. The van der Waals surface area contributed by atoms with Crippen molar-refractivity contribution in [3.63, 3.8) is 0 Å². The molecule has 84 valence electrons. The molecule has 0 bridgehead atoms. The van der Waals surface area contributed by atoms with Crippen molar-refractivity contribution in [3.8, 4) is 0 Å². The minimum atomic E-state index is -2.04. The Bertz CT molecular complexity index is 158. The zero-order valence-corrected chi connectivity index (χ0v) is 9.54. The van der Waals surface area contributed by atoms with Gasteiger partial charge in [-0.05, 0) is 32.7 Å². The highest BCUT2D eigenvalue weighted by molar-refractivity contribution is 7.33. The Hall–Kier alpha value is -0.0600. The normalized spacial score (nSPS) is 14.1. The van der Waals surface area contributed by atoms with E-state index in [0.29, 0.717) is 19.6 Å². The summed E-state index contributed by atoms with van der Waals surface area (Å²) in [5.41, 5.74) is 10.9. The van der Waals surface area contributed by atoms with Crippen LogP contribution in [-0.4, -0.2) is 19.4 Å². The van der Waals surface area contributed by atoms with Crippen molar-refractivity contribution in [1.29, 1.82) is 0 Å². The van der Waals surface area contributed by atoms with E-state index in [1.54, 1.807) is 6.92 Å². The number of hydrogen-bond donors (Lipinski definition) is 2. The summed E-state index contributed by atoms with van der Waals surface area (Å²) in [6.45, 7) is 2.82. The van der Waals surface area contributed by atoms with Gasteiger partial charge in [0.15, 0.2) is 6.23 Å². The van der Waals surface area contributed by atoms with Crippen molar-refractivity contribution in [2.24, 2.45) is 11.5 Å². The molecule has 2 atom stereocenters. The van der Waals surface area contributed by atoms with Crippen molar-refractivity contribution >= 4 is 8.25 Å². The van der Waals surface area contributed by atoms with Crippen LogP contribution in [0.4, 0.5) is 0 Å². The van der Waals surface area contributed by atoms with Crippen molar-refractivity contribution in [1.82, 2.24) is 0 Å². The van der Waals surface area contributed by atoms with E-state index in [2.05, 4.69) is 0 Å². The molecular weight excluding hydrogens is 203 g/mol. The lowest BCUT2D eigenvalue weighted by atomic mass is 10.2. The van der Waals surface area contributed by atoms with Gasteiger partial charge >= 0.3 is 8.25 Å². The van der Waals surface area contributed by atoms with E-state index in [9.17, 15) is 4.57 Å². The molecule has 0 aromatic rings. The van der Waals surface area contributed by atoms with E-state index in [0.717, 1.165) is 19.3 Å². The highest BCUT2D eigenvalue weighted by Gasteiger charge is 2.23. The molecule has 2 unspecified atom stereocenters. The first-order valence-corrected chi connectivity index (χ1v) is 6.02. The summed E-state index contributed by atoms with van der Waals surface area (Å²) in [5.74, 6) is 0. The summed E-state index contributed by atoms with van der Waals surface area (Å²) in [6, 6.07) is 0. The molecular formula is C8H20N2O3P+. The molecule has 0 aromatic carbocycles. The average Bonchev–Trinajstić information content (AvgIpc) is 2.13. The van der Waals surface area contributed by atoms with Crippen LogP contribution in [0.2, 0.25) is 0 Å². The predicted octanol–water partition coefficient (Wildman–Crippen LogP) is 1.50. The number of unbranched alkanes of at least 4 members (excludes halogenated alkanes) is 2. The summed E-state index contributed by atoms with van der Waals surface area (Å²) >= 11 is 0. The first kappa shape index (κ1) is 13.9. The standard InChI is InChI=1S/C8H20N2O3P/c1-2-12-14(11)13-8(10)6-4-3-5-7-9/h8H,2-7,9-10H2,1H3/q+1. The van der Waals surface area contributed by atoms with E-state index in [1.807, 2.05) is 0 Å². The summed E-state index contributed by atoms with van der Waals surface area (Å²) in [5, 5.41) is 0. The minimum absolute atomic E-state index is 0.370. The van der Waals surface area contributed by atoms with E-state index in [4.69, 9.17) is 20.5 Å². The fourth-order valence-corrected chi connectivity index (χ4v) is 1.56. The molecule has 0 aliphatic rings. The van der Waals surface area contributed by atoms with Gasteiger partial charge in [-0.1, -0.05) is 6.42 Å². The molecule has 0 saturated carbocycles. The third-order valence-electron chi connectivity index (χ3n) is 1.65. The van der Waals surface area contributed by atoms with Crippen molar-refractivity contribution < 1.29 is 13.6 Å². The van der Waals surface area contributed by atoms with Gasteiger partial charge in [0.25, 0.3) is 0 Å². The van der Waals surface area contributed by atoms with Crippen LogP contribution >= 0.6 is 8.25 Å². The second kappa shape index (κ2) is 9.49. The Balaban J connectivity index is 3.35. The number of hydrogen-bond acceptors (Lipinski definition) is 5. The Labute approximate surface area is 86.1 Å². The maximum atomic E-state index is 10.9. The first-order valence-electron chi connectivity index (χ1n) is 4.93. The van der Waals surface area contributed by atoms with Gasteiger partial charge in [-0.3, -0.25) is 0 Å². The monoisotopic (exact) mass is 223 g/mol. The van der Waals surface area contributed by atoms with Gasteiger partial charge in [-0.2, -0.15) is 0 Å². The van der Waals surface area contributed by atoms with Gasteiger partial charge in [0, 0.05) is 4.57 Å². The Kier molecular flexibility index (Phi) is 9.45. The van der Waals surface area contributed by atoms with Crippen LogP contribution < -0.4 is 11.5 Å². The van der Waals surface area contributed by atoms with Crippen LogP contribution in [0.1, 0.15) is 32.6 Å². The molecule has 0 fully saturated rings. The molecule has 0 aliphatic carbocycles. The maximum Gasteiger partial charge on any atom is 0.699 e. The van der Waals surface area contributed by atoms with Crippen LogP contribution in [0.25, 0.3) is 0 Å². The zero-order chi connectivity index (χ0) is 10.8. The zero-order valence-electron chi connectivity index (χ0n) is 8.65. The van der Waals surface area contributed by atoms with Gasteiger partial charge in [0.05, 0.1) is 0 Å². The van der Waals surface area contributed by atoms with E-state index < -0.39 is 14.5 Å². The largest absolute Gasteiger partial charge is 0.699 e. The van der Waals surface area contributed by atoms with E-state index >= 15 is 0 Å². The van der Waals surface area contributed by atoms with Crippen LogP contribution in [0.15, 0.2) is 0 Å². The molecule has 0 rings (SSSR count). The first-order chi connectivity index (χ1) is 6.70. The predicted molar refractivity (Wildman–Crippen MR) is 55.8 cm³/mol. The van der Waals surface area contributed by atoms with Crippen LogP contribution in [0.3, 0.4) is 0 Å². The Morgan fingerprint density at radius 3 is 2.64 bits per heavy atom. The molecule has 4 N–H and O–H groups in total. The average molecular weight is 223 g/mol. The molecule has 0 spiro atoms. The molecule has 0 aromatic heterocycles. The molecule has 0 amide bonds. The van der Waals surface area contributed by atoms with E-state index in [1.165, 1.54) is 0 Å². The molecule has 0 aliphatic heterocycles. The number of nitrogens with two attached hydrogens (primary N) is 2. The van der Waals surface area contributed by atoms with Gasteiger partial charge in [0.2, 0.25) is 0 Å². The van der Waals surface area contributed by atoms with Gasteiger partial charge in [0.1, 0.15) is 6.61 Å². The lowest BCUT2D eigenvalue weighted by Gasteiger charge is -2.03. The second-order valence-electron chi connectivity index (χ2n) is 2.92. The fourth-order valence-electron chi connectivity index (χ4n) is 0.966. The highest BCUT2D eigenvalue weighted by atomic mass is 31.1. The summed E-state index contributed by atoms with van der Waals surface area (Å²) < 4.78 is 20.6. The highest BCUT2D eigenvalue weighted by Crippen LogP contribution is 2.25. The SMILES string of the molecule is CCO[P+](=O)OC(N)CCCCCN. The Morgan fingerprint density at radius 1 is 1.36 bits per heavy atom. The molecule has 0 heterocycles. The lowest BCUT2D eigenvalue weighted by molar-refractivity contribution is 0.161. The second-order valence-corrected chi connectivity index (χ2v) is 3.84. The molecule has 5 nitrogen and oxygen atoms in total. The van der Waals surface area contributed by atoms with Crippen LogP contribution in [0, 0.1) is 0 Å². The third-order valence-corrected chi connectivity index (χ3v) is 2.56. The fraction of sp³-hybridized carbons (Fsp3) is 1.00. The topological polar surface area (TPSA) is 87.6 Å². The Morgan fingerprint density at radius 2 is 2.07 bits per heavy atom. The summed E-state index contributed by atoms with van der Waals surface area (Å²) in [7, 11) is -2.04. The third kappa shape index (κ3) is 8.53. The molecule has 6 heteroatoms. The summed E-state index contributed by atoms with van der Waals surface area (Å²) in [4.78, 5) is 0. The molecule has 0 radical (unpaired) electrons. The van der Waals surface area contributed by atoms with Gasteiger partial charge < -0.3 is 11.5 Å². The van der Waals surface area contributed by atoms with Crippen molar-refractivity contribution in [2.45, 2.75) is 38.8 Å². The van der Waals surface area contributed by atoms with Crippen molar-refractivity contribution in [2.75, 3.05) is 13.2 Å². The van der Waals surface area contributed by atoms with Gasteiger partial charge in [-0.15, -0.1) is 9.05 Å². The molecule has 0 saturated heterocycles. The number of rotatable bonds is 9. The quantitative estimate of drug-likeness (QED) is 0.351. The molecule has 14 heavy (non-hydrogen) atoms. The minimum Gasteiger partial charge on any atom is -0.330 e. The van der Waals surface area contributed by atoms with Crippen LogP contribution in [-0.2, 0) is 13.6 Å². The van der Waals surface area contributed by atoms with Gasteiger partial charge in [-0.25, -0.2) is 0 Å². The van der Waals surface area contributed by atoms with Crippen molar-refractivity contribution in [3.05, 3.63) is 0 Å². The summed E-state index contributed by atoms with van der Waals surface area (Å²) in [6.07, 6.45) is 3.15. The lowest BCUT2D eigenvalue weighted by Crippen LogP contribution is -2.21. The maximum absolute atomic E-state index is 10.9. The van der Waals surface area contributed by atoms with Crippen LogP contribution in [0.5, 0.6) is 0 Å².